The maximum absolute atomic E-state index is 13.3. The Hall–Kier alpha value is -2.50. The van der Waals surface area contributed by atoms with E-state index in [1.165, 1.54) is 16.9 Å². The Labute approximate surface area is 108 Å². The van der Waals surface area contributed by atoms with E-state index in [9.17, 15) is 13.6 Å². The second-order valence-electron chi connectivity index (χ2n) is 3.86. The number of benzene rings is 1. The first-order valence-corrected chi connectivity index (χ1v) is 5.48. The van der Waals surface area contributed by atoms with Crippen molar-refractivity contribution in [3.63, 3.8) is 0 Å². The van der Waals surface area contributed by atoms with Crippen molar-refractivity contribution in [2.75, 3.05) is 5.32 Å². The highest BCUT2D eigenvalue weighted by Crippen LogP contribution is 2.13. The summed E-state index contributed by atoms with van der Waals surface area (Å²) in [5.74, 6) is -1.92. The largest absolute Gasteiger partial charge is 0.320 e. The summed E-state index contributed by atoms with van der Waals surface area (Å²) >= 11 is 0. The molecule has 0 saturated heterocycles. The molecule has 0 aliphatic carbocycles. The van der Waals surface area contributed by atoms with Crippen LogP contribution in [0.5, 0.6) is 0 Å². The number of carbonyl (C=O) groups excluding carboxylic acids is 1. The summed E-state index contributed by atoms with van der Waals surface area (Å²) in [4.78, 5) is 11.5. The number of halogens is 2. The highest BCUT2D eigenvalue weighted by molar-refractivity contribution is 6.01. The van der Waals surface area contributed by atoms with E-state index in [4.69, 9.17) is 0 Å². The lowest BCUT2D eigenvalue weighted by molar-refractivity contribution is -0.111. The molecule has 1 amide bonds. The average molecular weight is 263 g/mol. The summed E-state index contributed by atoms with van der Waals surface area (Å²) in [6, 6.07) is 3.52. The second-order valence-corrected chi connectivity index (χ2v) is 3.86. The first-order valence-electron chi connectivity index (χ1n) is 5.48. The second kappa shape index (κ2) is 5.43. The number of amides is 1. The Morgan fingerprint density at radius 3 is 2.63 bits per heavy atom. The third-order valence-corrected chi connectivity index (χ3v) is 2.37. The van der Waals surface area contributed by atoms with Gasteiger partial charge < -0.3 is 5.32 Å². The van der Waals surface area contributed by atoms with Crippen LogP contribution < -0.4 is 5.32 Å². The van der Waals surface area contributed by atoms with Gasteiger partial charge >= 0.3 is 0 Å². The van der Waals surface area contributed by atoms with Crippen LogP contribution in [0.1, 0.15) is 5.56 Å². The standard InChI is InChI=1S/C13H11F2N3O/c1-18-8-9(7-16-18)17-13(19)6-5-10-11(14)3-2-4-12(10)15/h2-8H,1H3,(H,17,19)/b6-5+. The van der Waals surface area contributed by atoms with Crippen molar-refractivity contribution >= 4 is 17.7 Å². The minimum atomic E-state index is -0.717. The van der Waals surface area contributed by atoms with Gasteiger partial charge in [0.05, 0.1) is 11.9 Å². The van der Waals surface area contributed by atoms with Crippen molar-refractivity contribution in [2.45, 2.75) is 0 Å². The van der Waals surface area contributed by atoms with Gasteiger partial charge in [0.2, 0.25) is 5.91 Å². The van der Waals surface area contributed by atoms with Crippen LogP contribution in [0.15, 0.2) is 36.7 Å². The minimum Gasteiger partial charge on any atom is -0.320 e. The highest BCUT2D eigenvalue weighted by Gasteiger charge is 2.05. The van der Waals surface area contributed by atoms with E-state index in [1.807, 2.05) is 0 Å². The van der Waals surface area contributed by atoms with E-state index < -0.39 is 17.5 Å². The van der Waals surface area contributed by atoms with Gasteiger partial charge in [-0.3, -0.25) is 9.48 Å². The predicted molar refractivity (Wildman–Crippen MR) is 67.2 cm³/mol. The van der Waals surface area contributed by atoms with Crippen LogP contribution in [0.4, 0.5) is 14.5 Å². The van der Waals surface area contributed by atoms with Crippen LogP contribution in [-0.4, -0.2) is 15.7 Å². The number of rotatable bonds is 3. The third kappa shape index (κ3) is 3.25. The smallest absolute Gasteiger partial charge is 0.248 e. The quantitative estimate of drug-likeness (QED) is 0.864. The topological polar surface area (TPSA) is 46.9 Å². The summed E-state index contributed by atoms with van der Waals surface area (Å²) in [6.45, 7) is 0. The number of nitrogens with zero attached hydrogens (tertiary/aromatic N) is 2. The normalized spacial score (nSPS) is 10.9. The molecule has 0 aliphatic rings. The van der Waals surface area contributed by atoms with Gasteiger partial charge in [0.15, 0.2) is 0 Å². The molecule has 0 bridgehead atoms. The Bertz CT molecular complexity index is 614. The third-order valence-electron chi connectivity index (χ3n) is 2.37. The van der Waals surface area contributed by atoms with Gasteiger partial charge in [-0.2, -0.15) is 5.10 Å². The number of anilines is 1. The van der Waals surface area contributed by atoms with E-state index >= 15 is 0 Å². The van der Waals surface area contributed by atoms with Gasteiger partial charge in [-0.15, -0.1) is 0 Å². The molecule has 2 aromatic rings. The van der Waals surface area contributed by atoms with Crippen LogP contribution >= 0.6 is 0 Å². The number of hydrogen-bond donors (Lipinski definition) is 1. The van der Waals surface area contributed by atoms with Crippen molar-refractivity contribution in [1.29, 1.82) is 0 Å². The zero-order valence-corrected chi connectivity index (χ0v) is 10.1. The first-order chi connectivity index (χ1) is 9.06. The molecule has 2 rings (SSSR count). The molecule has 1 aromatic carbocycles. The first kappa shape index (κ1) is 12.9. The van der Waals surface area contributed by atoms with Crippen LogP contribution in [0.25, 0.3) is 6.08 Å². The van der Waals surface area contributed by atoms with Crippen LogP contribution in [0.3, 0.4) is 0 Å². The fourth-order valence-corrected chi connectivity index (χ4v) is 1.50. The Morgan fingerprint density at radius 2 is 2.05 bits per heavy atom. The maximum Gasteiger partial charge on any atom is 0.248 e. The lowest BCUT2D eigenvalue weighted by atomic mass is 10.2. The molecular formula is C13H11F2N3O. The molecule has 0 spiro atoms. The van der Waals surface area contributed by atoms with Crippen molar-refractivity contribution in [3.8, 4) is 0 Å². The fraction of sp³-hybridized carbons (Fsp3) is 0.0769. The maximum atomic E-state index is 13.3. The summed E-state index contributed by atoms with van der Waals surface area (Å²) in [7, 11) is 1.71. The molecule has 0 fully saturated rings. The van der Waals surface area contributed by atoms with E-state index in [1.54, 1.807) is 13.2 Å². The van der Waals surface area contributed by atoms with Gasteiger partial charge in [-0.05, 0) is 18.2 Å². The molecule has 4 nitrogen and oxygen atoms in total. The highest BCUT2D eigenvalue weighted by atomic mass is 19.1. The number of carbonyl (C=O) groups is 1. The Morgan fingerprint density at radius 1 is 1.37 bits per heavy atom. The van der Waals surface area contributed by atoms with Crippen molar-refractivity contribution < 1.29 is 13.6 Å². The van der Waals surface area contributed by atoms with E-state index in [0.717, 1.165) is 24.3 Å². The molecule has 0 radical (unpaired) electrons. The minimum absolute atomic E-state index is 0.246. The Balaban J connectivity index is 2.08. The van der Waals surface area contributed by atoms with Crippen molar-refractivity contribution in [1.82, 2.24) is 9.78 Å². The zero-order valence-electron chi connectivity index (χ0n) is 10.1. The summed E-state index contributed by atoms with van der Waals surface area (Å²) in [5, 5.41) is 6.39. The van der Waals surface area contributed by atoms with Crippen LogP contribution in [0.2, 0.25) is 0 Å². The molecule has 6 heteroatoms. The molecule has 1 N–H and O–H groups in total. The molecule has 19 heavy (non-hydrogen) atoms. The Kier molecular flexibility index (Phi) is 3.70. The van der Waals surface area contributed by atoms with Gasteiger partial charge in [0.1, 0.15) is 11.6 Å². The lowest BCUT2D eigenvalue weighted by Crippen LogP contribution is -2.07. The zero-order chi connectivity index (χ0) is 13.8. The number of hydrogen-bond acceptors (Lipinski definition) is 2. The molecule has 0 unspecified atom stereocenters. The average Bonchev–Trinajstić information content (AvgIpc) is 2.74. The van der Waals surface area contributed by atoms with Gasteiger partial charge in [0, 0.05) is 24.9 Å². The summed E-state index contributed by atoms with van der Waals surface area (Å²) in [6.07, 6.45) is 5.23. The van der Waals surface area contributed by atoms with E-state index in [-0.39, 0.29) is 5.56 Å². The molecule has 0 atom stereocenters. The van der Waals surface area contributed by atoms with Gasteiger partial charge in [0.25, 0.3) is 0 Å². The number of aryl methyl sites for hydroxylation is 1. The lowest BCUT2D eigenvalue weighted by Gasteiger charge is -1.99. The van der Waals surface area contributed by atoms with Gasteiger partial charge in [-0.25, -0.2) is 8.78 Å². The number of nitrogens with one attached hydrogen (secondary N) is 1. The van der Waals surface area contributed by atoms with Crippen LogP contribution in [0, 0.1) is 11.6 Å². The molecular weight excluding hydrogens is 252 g/mol. The van der Waals surface area contributed by atoms with Crippen LogP contribution in [-0.2, 0) is 11.8 Å². The predicted octanol–water partition coefficient (Wildman–Crippen LogP) is 2.35. The molecule has 0 aliphatic heterocycles. The van der Waals surface area contributed by atoms with E-state index in [0.29, 0.717) is 5.69 Å². The van der Waals surface area contributed by atoms with E-state index in [2.05, 4.69) is 10.4 Å². The molecule has 1 heterocycles. The van der Waals surface area contributed by atoms with Gasteiger partial charge in [-0.1, -0.05) is 6.07 Å². The number of aromatic nitrogens is 2. The summed E-state index contributed by atoms with van der Waals surface area (Å²) < 4.78 is 28.1. The summed E-state index contributed by atoms with van der Waals surface area (Å²) in [5.41, 5.74) is 0.259. The molecule has 98 valence electrons. The van der Waals surface area contributed by atoms with Crippen molar-refractivity contribution in [2.24, 2.45) is 7.05 Å². The van der Waals surface area contributed by atoms with Crippen molar-refractivity contribution in [3.05, 3.63) is 53.9 Å². The monoisotopic (exact) mass is 263 g/mol. The molecule has 1 aromatic heterocycles. The SMILES string of the molecule is Cn1cc(NC(=O)/C=C/c2c(F)cccc2F)cn1. The molecule has 0 saturated carbocycles. The fourth-order valence-electron chi connectivity index (χ4n) is 1.50.